The van der Waals surface area contributed by atoms with Gasteiger partial charge in [0, 0.05) is 18.8 Å². The predicted octanol–water partition coefficient (Wildman–Crippen LogP) is 2.83. The van der Waals surface area contributed by atoms with E-state index < -0.39 is 0 Å². The first-order chi connectivity index (χ1) is 7.36. The lowest BCUT2D eigenvalue weighted by Crippen LogP contribution is -2.24. The number of rotatable bonds is 3. The Kier molecular flexibility index (Phi) is 3.62. The van der Waals surface area contributed by atoms with Gasteiger partial charge in [0.15, 0.2) is 0 Å². The number of hydrogen-bond donors (Lipinski definition) is 1. The molecule has 82 valence electrons. The summed E-state index contributed by atoms with van der Waals surface area (Å²) in [6, 6.07) is 8.43. The maximum Gasteiger partial charge on any atom is 0.0511 e. The molecule has 2 nitrogen and oxygen atoms in total. The summed E-state index contributed by atoms with van der Waals surface area (Å²) in [6.45, 7) is 5.03. The van der Waals surface area contributed by atoms with Crippen molar-refractivity contribution in [3.8, 4) is 0 Å². The largest absolute Gasteiger partial charge is 0.384 e. The summed E-state index contributed by atoms with van der Waals surface area (Å²) >= 11 is 0. The summed E-state index contributed by atoms with van der Waals surface area (Å²) in [5.74, 6) is 0.679. The van der Waals surface area contributed by atoms with E-state index in [4.69, 9.17) is 4.74 Å². The van der Waals surface area contributed by atoms with E-state index in [9.17, 15) is 0 Å². The van der Waals surface area contributed by atoms with Gasteiger partial charge in [0.2, 0.25) is 0 Å². The zero-order chi connectivity index (χ0) is 10.5. The second-order valence-corrected chi connectivity index (χ2v) is 4.28. The number of anilines is 1. The summed E-state index contributed by atoms with van der Waals surface area (Å²) in [7, 11) is 0. The van der Waals surface area contributed by atoms with Gasteiger partial charge < -0.3 is 10.1 Å². The van der Waals surface area contributed by atoms with Gasteiger partial charge in [0.25, 0.3) is 0 Å². The molecule has 1 atom stereocenters. The molecule has 0 bridgehead atoms. The summed E-state index contributed by atoms with van der Waals surface area (Å²) < 4.78 is 5.46. The van der Waals surface area contributed by atoms with E-state index >= 15 is 0 Å². The Morgan fingerprint density at radius 2 is 2.27 bits per heavy atom. The maximum absolute atomic E-state index is 5.46. The lowest BCUT2D eigenvalue weighted by Gasteiger charge is -2.23. The van der Waals surface area contributed by atoms with Crippen LogP contribution < -0.4 is 5.32 Å². The van der Waals surface area contributed by atoms with Crippen LogP contribution in [-0.2, 0) is 4.74 Å². The van der Waals surface area contributed by atoms with Gasteiger partial charge in [-0.2, -0.15) is 0 Å². The molecule has 0 aliphatic carbocycles. The minimum atomic E-state index is 0.679. The fourth-order valence-corrected chi connectivity index (χ4v) is 1.99. The Bertz CT molecular complexity index is 305. The van der Waals surface area contributed by atoms with Crippen molar-refractivity contribution in [3.05, 3.63) is 29.8 Å². The van der Waals surface area contributed by atoms with Crippen LogP contribution in [0.15, 0.2) is 24.3 Å². The van der Waals surface area contributed by atoms with Gasteiger partial charge in [-0.1, -0.05) is 18.2 Å². The molecule has 0 spiro atoms. The maximum atomic E-state index is 5.46. The first kappa shape index (κ1) is 10.5. The summed E-state index contributed by atoms with van der Waals surface area (Å²) in [5, 5.41) is 3.50. The molecule has 2 rings (SSSR count). The average molecular weight is 205 g/mol. The lowest BCUT2D eigenvalue weighted by atomic mass is 10.0. The quantitative estimate of drug-likeness (QED) is 0.819. The van der Waals surface area contributed by atoms with Crippen molar-refractivity contribution in [3.63, 3.8) is 0 Å². The van der Waals surface area contributed by atoms with E-state index in [1.165, 1.54) is 24.1 Å². The third-order valence-electron chi connectivity index (χ3n) is 2.98. The smallest absolute Gasteiger partial charge is 0.0511 e. The Morgan fingerprint density at radius 3 is 3.00 bits per heavy atom. The van der Waals surface area contributed by atoms with E-state index in [-0.39, 0.29) is 0 Å². The number of nitrogens with one attached hydrogen (secondary N) is 1. The van der Waals surface area contributed by atoms with Crippen LogP contribution in [0.1, 0.15) is 18.4 Å². The van der Waals surface area contributed by atoms with Gasteiger partial charge in [-0.05, 0) is 37.3 Å². The van der Waals surface area contributed by atoms with Gasteiger partial charge in [-0.3, -0.25) is 0 Å². The van der Waals surface area contributed by atoms with Crippen LogP contribution in [0.2, 0.25) is 0 Å². The highest BCUT2D eigenvalue weighted by Crippen LogP contribution is 2.17. The molecule has 1 heterocycles. The molecule has 15 heavy (non-hydrogen) atoms. The van der Waals surface area contributed by atoms with E-state index in [0.29, 0.717) is 5.92 Å². The molecule has 1 unspecified atom stereocenters. The van der Waals surface area contributed by atoms with Crippen molar-refractivity contribution in [2.24, 2.45) is 5.92 Å². The number of ether oxygens (including phenoxy) is 1. The van der Waals surface area contributed by atoms with Crippen molar-refractivity contribution in [2.45, 2.75) is 19.8 Å². The number of aryl methyl sites for hydroxylation is 1. The fraction of sp³-hybridized carbons (Fsp3) is 0.538. The molecule has 1 aromatic rings. The Morgan fingerprint density at radius 1 is 1.40 bits per heavy atom. The standard InChI is InChI=1S/C13H19NO/c1-11-5-2-3-7-13(11)14-9-12-6-4-8-15-10-12/h2-3,5,7,12,14H,4,6,8-10H2,1H3. The minimum Gasteiger partial charge on any atom is -0.384 e. The third-order valence-corrected chi connectivity index (χ3v) is 2.98. The van der Waals surface area contributed by atoms with Crippen LogP contribution in [0, 0.1) is 12.8 Å². The van der Waals surface area contributed by atoms with Crippen LogP contribution in [0.4, 0.5) is 5.69 Å². The van der Waals surface area contributed by atoms with E-state index in [1.807, 2.05) is 0 Å². The number of hydrogen-bond acceptors (Lipinski definition) is 2. The van der Waals surface area contributed by atoms with Crippen molar-refractivity contribution >= 4 is 5.69 Å². The van der Waals surface area contributed by atoms with E-state index in [2.05, 4.69) is 36.5 Å². The minimum absolute atomic E-state index is 0.679. The van der Waals surface area contributed by atoms with Gasteiger partial charge >= 0.3 is 0 Å². The van der Waals surface area contributed by atoms with Crippen molar-refractivity contribution < 1.29 is 4.74 Å². The summed E-state index contributed by atoms with van der Waals surface area (Å²) in [4.78, 5) is 0. The van der Waals surface area contributed by atoms with E-state index in [1.54, 1.807) is 0 Å². The lowest BCUT2D eigenvalue weighted by molar-refractivity contribution is 0.0595. The van der Waals surface area contributed by atoms with Crippen molar-refractivity contribution in [2.75, 3.05) is 25.1 Å². The molecule has 1 fully saturated rings. The zero-order valence-corrected chi connectivity index (χ0v) is 9.33. The van der Waals surface area contributed by atoms with Gasteiger partial charge in [-0.15, -0.1) is 0 Å². The highest BCUT2D eigenvalue weighted by atomic mass is 16.5. The molecule has 2 heteroatoms. The molecular formula is C13H19NO. The molecular weight excluding hydrogens is 186 g/mol. The van der Waals surface area contributed by atoms with Crippen LogP contribution in [0.25, 0.3) is 0 Å². The Labute approximate surface area is 91.6 Å². The number of benzene rings is 1. The highest BCUT2D eigenvalue weighted by Gasteiger charge is 2.13. The second kappa shape index (κ2) is 5.17. The Balaban J connectivity index is 1.84. The van der Waals surface area contributed by atoms with Crippen LogP contribution in [-0.4, -0.2) is 19.8 Å². The van der Waals surface area contributed by atoms with Crippen molar-refractivity contribution in [1.29, 1.82) is 0 Å². The summed E-state index contributed by atoms with van der Waals surface area (Å²) in [5.41, 5.74) is 2.57. The molecule has 1 aliphatic heterocycles. The topological polar surface area (TPSA) is 21.3 Å². The molecule has 0 radical (unpaired) electrons. The van der Waals surface area contributed by atoms with Gasteiger partial charge in [0.1, 0.15) is 0 Å². The monoisotopic (exact) mass is 205 g/mol. The van der Waals surface area contributed by atoms with Crippen LogP contribution >= 0.6 is 0 Å². The first-order valence-electron chi connectivity index (χ1n) is 5.73. The average Bonchev–Trinajstić information content (AvgIpc) is 2.29. The van der Waals surface area contributed by atoms with Gasteiger partial charge in [0.05, 0.1) is 6.61 Å². The van der Waals surface area contributed by atoms with Crippen molar-refractivity contribution in [1.82, 2.24) is 0 Å². The van der Waals surface area contributed by atoms with E-state index in [0.717, 1.165) is 19.8 Å². The molecule has 1 N–H and O–H groups in total. The second-order valence-electron chi connectivity index (χ2n) is 4.28. The normalized spacial score (nSPS) is 21.3. The first-order valence-corrected chi connectivity index (χ1v) is 5.73. The molecule has 0 saturated carbocycles. The molecule has 1 aromatic carbocycles. The fourth-order valence-electron chi connectivity index (χ4n) is 1.99. The van der Waals surface area contributed by atoms with Gasteiger partial charge in [-0.25, -0.2) is 0 Å². The molecule has 0 amide bonds. The molecule has 1 aliphatic rings. The van der Waals surface area contributed by atoms with Crippen LogP contribution in [0.5, 0.6) is 0 Å². The Hall–Kier alpha value is -1.02. The zero-order valence-electron chi connectivity index (χ0n) is 9.33. The number of para-hydroxylation sites is 1. The molecule has 1 saturated heterocycles. The molecule has 0 aromatic heterocycles. The highest BCUT2D eigenvalue weighted by molar-refractivity contribution is 5.50. The third kappa shape index (κ3) is 2.96. The predicted molar refractivity (Wildman–Crippen MR) is 63.2 cm³/mol. The summed E-state index contributed by atoms with van der Waals surface area (Å²) in [6.07, 6.45) is 2.50. The SMILES string of the molecule is Cc1ccccc1NCC1CCCOC1. The van der Waals surface area contributed by atoms with Crippen LogP contribution in [0.3, 0.4) is 0 Å².